The molecule has 3 saturated heterocycles. The highest BCUT2D eigenvalue weighted by Crippen LogP contribution is 2.33. The van der Waals surface area contributed by atoms with Crippen LogP contribution in [0, 0.1) is 0 Å². The fraction of sp³-hybridized carbons (Fsp3) is 0.909. The number of carbonyl (C=O) groups excluding carboxylic acids is 2. The molecule has 3 rings (SSSR count). The topological polar surface area (TPSA) is 84.9 Å². The number of thioether (sulfide) groups is 1. The molecule has 0 aromatic carbocycles. The number of piperazine rings is 1. The summed E-state index contributed by atoms with van der Waals surface area (Å²) in [5, 5.41) is 16.8. The summed E-state index contributed by atoms with van der Waals surface area (Å²) in [5.74, 6) is 1.26. The van der Waals surface area contributed by atoms with Gasteiger partial charge in [-0.05, 0) is 39.5 Å². The van der Waals surface area contributed by atoms with Crippen molar-refractivity contribution in [2.75, 3.05) is 25.4 Å². The Kier molecular flexibility index (Phi) is 7.96. The third-order valence-electron chi connectivity index (χ3n) is 6.73. The Bertz CT molecular complexity index is 612. The minimum Gasteiger partial charge on any atom is -0.389 e. The van der Waals surface area contributed by atoms with Gasteiger partial charge >= 0.3 is 6.03 Å². The SMILES string of the molecule is CC[C@H]1CN(C(=O)CCCC[C@@H]2SC[C@@H]3NC(=O)N[C@@H]32)[C@H](CC)CN1CC(C)(C)O. The number of hydrogen-bond donors (Lipinski definition) is 3. The van der Waals surface area contributed by atoms with Crippen molar-refractivity contribution in [2.45, 2.75) is 101 Å². The van der Waals surface area contributed by atoms with Gasteiger partial charge in [0, 0.05) is 49.1 Å². The molecular weight excluding hydrogens is 400 g/mol. The number of nitrogens with zero attached hydrogens (tertiary/aromatic N) is 2. The summed E-state index contributed by atoms with van der Waals surface area (Å²) in [6.07, 6.45) is 5.52. The summed E-state index contributed by atoms with van der Waals surface area (Å²) in [4.78, 5) is 29.0. The van der Waals surface area contributed by atoms with Crippen LogP contribution in [0.25, 0.3) is 0 Å². The van der Waals surface area contributed by atoms with E-state index >= 15 is 0 Å². The van der Waals surface area contributed by atoms with Gasteiger partial charge in [0.25, 0.3) is 0 Å². The molecule has 0 aromatic rings. The Labute approximate surface area is 185 Å². The van der Waals surface area contributed by atoms with Crippen LogP contribution >= 0.6 is 11.8 Å². The molecule has 0 radical (unpaired) electrons. The molecule has 0 unspecified atom stereocenters. The van der Waals surface area contributed by atoms with Crippen LogP contribution in [0.3, 0.4) is 0 Å². The van der Waals surface area contributed by atoms with E-state index in [2.05, 4.69) is 34.3 Å². The first kappa shape index (κ1) is 23.7. The fourth-order valence-electron chi connectivity index (χ4n) is 5.15. The zero-order chi connectivity index (χ0) is 21.9. The standard InChI is InChI=1S/C22H40N4O3S/c1-5-15-12-26(16(6-2)11-25(15)14-22(3,4)29)19(27)10-8-7-9-18-20-17(13-30-18)23-21(28)24-20/h15-18,20,29H,5-14H2,1-4H3,(H2,23,24,28)/t15-,16+,17-,18-,20-/m0/s1. The van der Waals surface area contributed by atoms with Gasteiger partial charge in [0.15, 0.2) is 0 Å². The number of hydrogen-bond acceptors (Lipinski definition) is 5. The van der Waals surface area contributed by atoms with Crippen LogP contribution in [0.4, 0.5) is 4.79 Å². The van der Waals surface area contributed by atoms with Crippen molar-refractivity contribution in [3.63, 3.8) is 0 Å². The maximum absolute atomic E-state index is 13.0. The number of unbranched alkanes of at least 4 members (excludes halogenated alkanes) is 1. The number of β-amino-alcohol motifs (C(OH)–C–C–N with tert-alkyl or cyclic N) is 1. The van der Waals surface area contributed by atoms with Crippen molar-refractivity contribution < 1.29 is 14.7 Å². The minimum absolute atomic E-state index is 0.0368. The molecule has 0 aliphatic carbocycles. The Morgan fingerprint density at radius 3 is 2.57 bits per heavy atom. The number of aliphatic hydroxyl groups is 1. The van der Waals surface area contributed by atoms with Crippen LogP contribution in [0.5, 0.6) is 0 Å². The summed E-state index contributed by atoms with van der Waals surface area (Å²) in [5.41, 5.74) is -0.719. The molecule has 7 nitrogen and oxygen atoms in total. The molecule has 3 N–H and O–H groups in total. The number of carbonyl (C=O) groups is 2. The first-order chi connectivity index (χ1) is 14.2. The lowest BCUT2D eigenvalue weighted by molar-refractivity contribution is -0.139. The number of rotatable bonds is 9. The van der Waals surface area contributed by atoms with Gasteiger partial charge in [-0.15, -0.1) is 0 Å². The summed E-state index contributed by atoms with van der Waals surface area (Å²) >= 11 is 1.94. The number of urea groups is 1. The molecule has 3 aliphatic heterocycles. The second-order valence-corrected chi connectivity index (χ2v) is 11.1. The van der Waals surface area contributed by atoms with E-state index in [1.807, 2.05) is 25.6 Å². The molecule has 0 saturated carbocycles. The van der Waals surface area contributed by atoms with Gasteiger partial charge in [-0.25, -0.2) is 4.79 Å². The van der Waals surface area contributed by atoms with Crippen molar-refractivity contribution in [2.24, 2.45) is 0 Å². The predicted octanol–water partition coefficient (Wildman–Crippen LogP) is 2.18. The predicted molar refractivity (Wildman–Crippen MR) is 122 cm³/mol. The summed E-state index contributed by atoms with van der Waals surface area (Å²) in [7, 11) is 0. The molecule has 3 amide bonds. The maximum Gasteiger partial charge on any atom is 0.315 e. The van der Waals surface area contributed by atoms with Gasteiger partial charge in [0.05, 0.1) is 17.7 Å². The molecule has 172 valence electrons. The lowest BCUT2D eigenvalue weighted by Gasteiger charge is -2.47. The Morgan fingerprint density at radius 2 is 1.90 bits per heavy atom. The molecule has 0 bridgehead atoms. The smallest absolute Gasteiger partial charge is 0.315 e. The number of amides is 3. The highest BCUT2D eigenvalue weighted by Gasteiger charge is 2.42. The van der Waals surface area contributed by atoms with E-state index in [0.29, 0.717) is 24.3 Å². The van der Waals surface area contributed by atoms with Crippen molar-refractivity contribution in [1.82, 2.24) is 20.4 Å². The van der Waals surface area contributed by atoms with Crippen LogP contribution < -0.4 is 10.6 Å². The Balaban J connectivity index is 1.45. The molecule has 0 spiro atoms. The van der Waals surface area contributed by atoms with E-state index < -0.39 is 5.60 Å². The largest absolute Gasteiger partial charge is 0.389 e. The van der Waals surface area contributed by atoms with Crippen LogP contribution in [0.2, 0.25) is 0 Å². The van der Waals surface area contributed by atoms with Gasteiger partial charge in [-0.2, -0.15) is 11.8 Å². The van der Waals surface area contributed by atoms with E-state index in [1.165, 1.54) is 0 Å². The van der Waals surface area contributed by atoms with Crippen molar-refractivity contribution in [1.29, 1.82) is 0 Å². The fourth-order valence-corrected chi connectivity index (χ4v) is 6.69. The van der Waals surface area contributed by atoms with Gasteiger partial charge in [-0.3, -0.25) is 9.69 Å². The Hall–Kier alpha value is -0.990. The van der Waals surface area contributed by atoms with Gasteiger partial charge in [-0.1, -0.05) is 20.3 Å². The van der Waals surface area contributed by atoms with Crippen LogP contribution in [-0.4, -0.2) is 87.3 Å². The average Bonchev–Trinajstić information content (AvgIpc) is 3.22. The van der Waals surface area contributed by atoms with Crippen molar-refractivity contribution in [3.8, 4) is 0 Å². The molecular formula is C22H40N4O3S. The summed E-state index contributed by atoms with van der Waals surface area (Å²) < 4.78 is 0. The average molecular weight is 441 g/mol. The molecule has 8 heteroatoms. The van der Waals surface area contributed by atoms with Crippen LogP contribution in [0.15, 0.2) is 0 Å². The number of nitrogens with one attached hydrogen (secondary N) is 2. The van der Waals surface area contributed by atoms with E-state index in [4.69, 9.17) is 0 Å². The zero-order valence-corrected chi connectivity index (χ0v) is 19.8. The first-order valence-electron chi connectivity index (χ1n) is 11.7. The highest BCUT2D eigenvalue weighted by atomic mass is 32.2. The van der Waals surface area contributed by atoms with Crippen LogP contribution in [0.1, 0.15) is 66.2 Å². The molecule has 3 heterocycles. The van der Waals surface area contributed by atoms with E-state index in [1.54, 1.807) is 0 Å². The molecule has 0 aromatic heterocycles. The molecule has 30 heavy (non-hydrogen) atoms. The van der Waals surface area contributed by atoms with Crippen molar-refractivity contribution >= 4 is 23.7 Å². The number of fused-ring (bicyclic) bond motifs is 1. The first-order valence-corrected chi connectivity index (χ1v) is 12.7. The molecule has 5 atom stereocenters. The Morgan fingerprint density at radius 1 is 1.17 bits per heavy atom. The van der Waals surface area contributed by atoms with Crippen molar-refractivity contribution in [3.05, 3.63) is 0 Å². The third-order valence-corrected chi connectivity index (χ3v) is 8.24. The van der Waals surface area contributed by atoms with Gasteiger partial charge in [0.2, 0.25) is 5.91 Å². The van der Waals surface area contributed by atoms with Gasteiger partial charge < -0.3 is 20.6 Å². The summed E-state index contributed by atoms with van der Waals surface area (Å²) in [6, 6.07) is 1.02. The van der Waals surface area contributed by atoms with E-state index in [0.717, 1.165) is 50.9 Å². The molecule has 3 aliphatic rings. The summed E-state index contributed by atoms with van der Waals surface area (Å²) in [6.45, 7) is 10.3. The molecule has 3 fully saturated rings. The monoisotopic (exact) mass is 440 g/mol. The zero-order valence-electron chi connectivity index (χ0n) is 19.0. The normalized spacial score (nSPS) is 32.1. The lowest BCUT2D eigenvalue weighted by Crippen LogP contribution is -2.61. The quantitative estimate of drug-likeness (QED) is 0.378. The van der Waals surface area contributed by atoms with E-state index in [-0.39, 0.29) is 30.1 Å². The van der Waals surface area contributed by atoms with E-state index in [9.17, 15) is 14.7 Å². The van der Waals surface area contributed by atoms with Crippen LogP contribution in [-0.2, 0) is 4.79 Å². The maximum atomic E-state index is 13.0. The highest BCUT2D eigenvalue weighted by molar-refractivity contribution is 8.00. The second kappa shape index (κ2) is 10.1. The lowest BCUT2D eigenvalue weighted by atomic mass is 9.98. The minimum atomic E-state index is -0.719. The third kappa shape index (κ3) is 5.82. The van der Waals surface area contributed by atoms with Gasteiger partial charge in [0.1, 0.15) is 0 Å². The second-order valence-electron chi connectivity index (χ2n) is 9.78.